The molecule has 29 heavy (non-hydrogen) atoms. The van der Waals surface area contributed by atoms with Gasteiger partial charge in [-0.2, -0.15) is 0 Å². The van der Waals surface area contributed by atoms with Crippen molar-refractivity contribution >= 4 is 35.8 Å². The minimum atomic E-state index is -0.307. The molecule has 1 unspecified atom stereocenters. The van der Waals surface area contributed by atoms with Gasteiger partial charge in [-0.1, -0.05) is 42.7 Å². The monoisotopic (exact) mass is 515 g/mol. The van der Waals surface area contributed by atoms with E-state index in [1.54, 1.807) is 11.9 Å². The van der Waals surface area contributed by atoms with Crippen LogP contribution in [-0.2, 0) is 4.79 Å². The topological polar surface area (TPSA) is 60.0 Å². The van der Waals surface area contributed by atoms with Gasteiger partial charge in [0.05, 0.1) is 11.5 Å². The number of amides is 1. The van der Waals surface area contributed by atoms with Crippen LogP contribution in [0, 0.1) is 12.3 Å². The highest BCUT2D eigenvalue weighted by Crippen LogP contribution is 2.38. The first kappa shape index (κ1) is 25.7. The molecule has 1 atom stereocenters. The molecule has 1 aliphatic rings. The quantitative estimate of drug-likeness (QED) is 0.333. The van der Waals surface area contributed by atoms with E-state index in [1.807, 2.05) is 14.1 Å². The predicted molar refractivity (Wildman–Crippen MR) is 132 cm³/mol. The SMILES string of the molecule is CN=C(NCC(c1ccc(C)cc1)N(C)C)NCC1(C(=O)N(C)C)CCCC1.I. The van der Waals surface area contributed by atoms with Crippen molar-refractivity contribution in [1.29, 1.82) is 0 Å². The Morgan fingerprint density at radius 3 is 2.17 bits per heavy atom. The summed E-state index contributed by atoms with van der Waals surface area (Å²) in [5.74, 6) is 0.968. The Bertz CT molecular complexity index is 666. The lowest BCUT2D eigenvalue weighted by Crippen LogP contribution is -2.50. The van der Waals surface area contributed by atoms with E-state index in [-0.39, 0.29) is 41.3 Å². The molecule has 0 bridgehead atoms. The van der Waals surface area contributed by atoms with E-state index in [0.717, 1.165) is 38.2 Å². The van der Waals surface area contributed by atoms with E-state index < -0.39 is 0 Å². The third kappa shape index (κ3) is 6.84. The maximum Gasteiger partial charge on any atom is 0.230 e. The molecule has 1 aromatic carbocycles. The van der Waals surface area contributed by atoms with Crippen molar-refractivity contribution in [2.24, 2.45) is 10.4 Å². The average molecular weight is 515 g/mol. The Balaban J connectivity index is 0.00000420. The molecule has 2 rings (SSSR count). The number of benzene rings is 1. The lowest BCUT2D eigenvalue weighted by molar-refractivity contribution is -0.138. The average Bonchev–Trinajstić information content (AvgIpc) is 3.14. The number of hydrogen-bond donors (Lipinski definition) is 2. The predicted octanol–water partition coefficient (Wildman–Crippen LogP) is 3.03. The molecule has 164 valence electrons. The van der Waals surface area contributed by atoms with Crippen molar-refractivity contribution in [1.82, 2.24) is 20.4 Å². The minimum absolute atomic E-state index is 0. The zero-order valence-corrected chi connectivity index (χ0v) is 21.1. The number of rotatable bonds is 7. The van der Waals surface area contributed by atoms with Crippen LogP contribution in [-0.4, -0.2) is 70.0 Å². The Hall–Kier alpha value is -1.35. The Kier molecular flexibility index (Phi) is 10.4. The van der Waals surface area contributed by atoms with Crippen LogP contribution in [0.2, 0.25) is 0 Å². The second kappa shape index (κ2) is 11.7. The van der Waals surface area contributed by atoms with Gasteiger partial charge in [0.2, 0.25) is 5.91 Å². The first-order valence-electron chi connectivity index (χ1n) is 10.2. The summed E-state index contributed by atoms with van der Waals surface area (Å²) in [6.45, 7) is 3.47. The van der Waals surface area contributed by atoms with Crippen molar-refractivity contribution in [2.75, 3.05) is 48.3 Å². The summed E-state index contributed by atoms with van der Waals surface area (Å²) in [7, 11) is 9.65. The number of carbonyl (C=O) groups is 1. The molecule has 0 spiro atoms. The van der Waals surface area contributed by atoms with E-state index in [4.69, 9.17) is 0 Å². The van der Waals surface area contributed by atoms with E-state index in [0.29, 0.717) is 6.54 Å². The molecule has 0 saturated heterocycles. The maximum absolute atomic E-state index is 12.8. The van der Waals surface area contributed by atoms with Crippen LogP contribution in [0.4, 0.5) is 0 Å². The first-order chi connectivity index (χ1) is 13.3. The van der Waals surface area contributed by atoms with Gasteiger partial charge in [-0.25, -0.2) is 0 Å². The molecule has 0 radical (unpaired) electrons. The number of carbonyl (C=O) groups excluding carboxylic acids is 1. The van der Waals surface area contributed by atoms with Crippen LogP contribution in [0.25, 0.3) is 0 Å². The van der Waals surface area contributed by atoms with Crippen molar-refractivity contribution in [3.05, 3.63) is 35.4 Å². The molecular weight excluding hydrogens is 477 g/mol. The van der Waals surface area contributed by atoms with Gasteiger partial charge in [0.25, 0.3) is 0 Å². The summed E-state index contributed by atoms with van der Waals surface area (Å²) in [5, 5.41) is 6.86. The fraction of sp³-hybridized carbons (Fsp3) is 0.636. The summed E-state index contributed by atoms with van der Waals surface area (Å²) in [4.78, 5) is 21.1. The Labute approximate surface area is 193 Å². The van der Waals surface area contributed by atoms with Crippen LogP contribution < -0.4 is 10.6 Å². The fourth-order valence-electron chi connectivity index (χ4n) is 4.05. The Morgan fingerprint density at radius 2 is 1.69 bits per heavy atom. The lowest BCUT2D eigenvalue weighted by atomic mass is 9.84. The van der Waals surface area contributed by atoms with Gasteiger partial charge in [0, 0.05) is 34.2 Å². The highest BCUT2D eigenvalue weighted by Gasteiger charge is 2.42. The number of aliphatic imine (C=N–C) groups is 1. The molecular formula is C22H38IN5O. The van der Waals surface area contributed by atoms with E-state index in [9.17, 15) is 4.79 Å². The zero-order valence-electron chi connectivity index (χ0n) is 18.8. The molecule has 0 heterocycles. The summed E-state index contributed by atoms with van der Waals surface area (Å²) >= 11 is 0. The zero-order chi connectivity index (χ0) is 20.7. The van der Waals surface area contributed by atoms with Gasteiger partial charge in [0.15, 0.2) is 5.96 Å². The number of halogens is 1. The molecule has 7 heteroatoms. The van der Waals surface area contributed by atoms with Crippen molar-refractivity contribution < 1.29 is 4.79 Å². The molecule has 1 fully saturated rings. The van der Waals surface area contributed by atoms with E-state index >= 15 is 0 Å². The molecule has 1 aromatic rings. The second-order valence-electron chi connectivity index (χ2n) is 8.38. The summed E-state index contributed by atoms with van der Waals surface area (Å²) in [6, 6.07) is 8.90. The normalized spacial score (nSPS) is 16.9. The molecule has 1 saturated carbocycles. The van der Waals surface area contributed by atoms with E-state index in [1.165, 1.54) is 11.1 Å². The molecule has 0 aromatic heterocycles. The van der Waals surface area contributed by atoms with Crippen LogP contribution in [0.1, 0.15) is 42.9 Å². The number of aryl methyl sites for hydroxylation is 1. The third-order valence-electron chi connectivity index (χ3n) is 5.79. The van der Waals surface area contributed by atoms with Gasteiger partial charge < -0.3 is 20.4 Å². The third-order valence-corrected chi connectivity index (χ3v) is 5.79. The number of hydrogen-bond acceptors (Lipinski definition) is 3. The molecule has 6 nitrogen and oxygen atoms in total. The number of nitrogens with zero attached hydrogens (tertiary/aromatic N) is 3. The molecule has 1 aliphatic carbocycles. The highest BCUT2D eigenvalue weighted by atomic mass is 127. The van der Waals surface area contributed by atoms with Gasteiger partial charge in [-0.05, 0) is 39.4 Å². The van der Waals surface area contributed by atoms with Crippen molar-refractivity contribution in [3.63, 3.8) is 0 Å². The van der Waals surface area contributed by atoms with Gasteiger partial charge in [-0.3, -0.25) is 9.79 Å². The van der Waals surface area contributed by atoms with Crippen LogP contribution >= 0.6 is 24.0 Å². The fourth-order valence-corrected chi connectivity index (χ4v) is 4.05. The molecule has 0 aliphatic heterocycles. The summed E-state index contributed by atoms with van der Waals surface area (Å²) < 4.78 is 0. The van der Waals surface area contributed by atoms with Crippen LogP contribution in [0.5, 0.6) is 0 Å². The molecule has 1 amide bonds. The smallest absolute Gasteiger partial charge is 0.230 e. The van der Waals surface area contributed by atoms with Crippen molar-refractivity contribution in [3.8, 4) is 0 Å². The van der Waals surface area contributed by atoms with Gasteiger partial charge in [-0.15, -0.1) is 24.0 Å². The second-order valence-corrected chi connectivity index (χ2v) is 8.38. The van der Waals surface area contributed by atoms with Crippen molar-refractivity contribution in [2.45, 2.75) is 38.6 Å². The summed E-state index contributed by atoms with van der Waals surface area (Å²) in [6.07, 6.45) is 4.11. The Morgan fingerprint density at radius 1 is 1.10 bits per heavy atom. The highest BCUT2D eigenvalue weighted by molar-refractivity contribution is 14.0. The maximum atomic E-state index is 12.8. The van der Waals surface area contributed by atoms with Gasteiger partial charge >= 0.3 is 0 Å². The standard InChI is InChI=1S/C22H37N5O.HI/c1-17-9-11-18(12-10-17)19(26(3)4)15-24-21(23-2)25-16-22(13-7-8-14-22)20(28)27(5)6;/h9-12,19H,7-8,13-16H2,1-6H3,(H2,23,24,25);1H. The van der Waals surface area contributed by atoms with Crippen LogP contribution in [0.3, 0.4) is 0 Å². The van der Waals surface area contributed by atoms with E-state index in [2.05, 4.69) is 65.8 Å². The van der Waals surface area contributed by atoms with Crippen LogP contribution in [0.15, 0.2) is 29.3 Å². The number of likely N-dealkylation sites (N-methyl/N-ethyl adjacent to an activating group) is 1. The molecule has 2 N–H and O–H groups in total. The van der Waals surface area contributed by atoms with Gasteiger partial charge in [0.1, 0.15) is 0 Å². The number of nitrogens with one attached hydrogen (secondary N) is 2. The summed E-state index contributed by atoms with van der Waals surface area (Å²) in [5.41, 5.74) is 2.23. The largest absolute Gasteiger partial charge is 0.355 e. The number of guanidine groups is 1. The first-order valence-corrected chi connectivity index (χ1v) is 10.2. The minimum Gasteiger partial charge on any atom is -0.355 e. The lowest BCUT2D eigenvalue weighted by Gasteiger charge is -2.32.